The molecule has 3 aromatic rings. The van der Waals surface area contributed by atoms with Crippen molar-refractivity contribution in [3.63, 3.8) is 0 Å². The Labute approximate surface area is 182 Å². The second-order valence-corrected chi connectivity index (χ2v) is 8.16. The molecule has 4 rings (SSSR count). The van der Waals surface area contributed by atoms with Crippen molar-refractivity contribution in [2.24, 2.45) is 0 Å². The average Bonchev–Trinajstić information content (AvgIpc) is 3.28. The number of aryl methyl sites for hydroxylation is 1. The summed E-state index contributed by atoms with van der Waals surface area (Å²) in [6.45, 7) is 1.99. The average molecular weight is 444 g/mol. The summed E-state index contributed by atoms with van der Waals surface area (Å²) in [6, 6.07) is 16.0. The number of carbonyl (C=O) groups is 2. The number of furan rings is 1. The lowest BCUT2D eigenvalue weighted by atomic mass is 10.1. The summed E-state index contributed by atoms with van der Waals surface area (Å²) in [6.07, 6.45) is 2.29. The Morgan fingerprint density at radius 3 is 2.66 bits per heavy atom. The molecule has 1 saturated heterocycles. The fourth-order valence-corrected chi connectivity index (χ4v) is 4.29. The van der Waals surface area contributed by atoms with Gasteiger partial charge < -0.3 is 4.42 Å². The van der Waals surface area contributed by atoms with Crippen molar-refractivity contribution in [1.29, 1.82) is 0 Å². The zero-order valence-electron chi connectivity index (χ0n) is 15.3. The Morgan fingerprint density at radius 2 is 1.86 bits per heavy atom. The van der Waals surface area contributed by atoms with E-state index in [1.807, 2.05) is 25.1 Å². The number of halogens is 2. The molecule has 2 aromatic carbocycles. The molecule has 7 heteroatoms. The summed E-state index contributed by atoms with van der Waals surface area (Å²) < 4.78 is 5.82. The van der Waals surface area contributed by atoms with Gasteiger partial charge in [-0.25, -0.2) is 4.90 Å². The lowest BCUT2D eigenvalue weighted by molar-refractivity contribution is -0.113. The minimum atomic E-state index is -0.361. The van der Waals surface area contributed by atoms with Crippen LogP contribution in [0.3, 0.4) is 0 Å². The normalized spacial score (nSPS) is 15.6. The van der Waals surface area contributed by atoms with Crippen LogP contribution in [0.1, 0.15) is 18.2 Å². The van der Waals surface area contributed by atoms with E-state index in [1.165, 1.54) is 4.90 Å². The van der Waals surface area contributed by atoms with Crippen LogP contribution in [0.25, 0.3) is 17.4 Å². The third kappa shape index (κ3) is 3.86. The maximum atomic E-state index is 12.9. The number of hydrogen-bond acceptors (Lipinski definition) is 4. The summed E-state index contributed by atoms with van der Waals surface area (Å²) in [5.74, 6) is 0.615. The highest BCUT2D eigenvalue weighted by molar-refractivity contribution is 8.19. The molecule has 0 N–H and O–H groups in total. The van der Waals surface area contributed by atoms with Gasteiger partial charge in [-0.3, -0.25) is 9.59 Å². The molecular formula is C22H15Cl2NO3S. The zero-order chi connectivity index (χ0) is 20.5. The molecule has 1 aliphatic rings. The number of carbonyl (C=O) groups excluding carboxylic acids is 2. The number of benzene rings is 2. The van der Waals surface area contributed by atoms with Crippen LogP contribution in [-0.4, -0.2) is 11.1 Å². The zero-order valence-corrected chi connectivity index (χ0v) is 17.6. The van der Waals surface area contributed by atoms with Gasteiger partial charge in [0.1, 0.15) is 11.5 Å². The maximum absolute atomic E-state index is 12.9. The highest BCUT2D eigenvalue weighted by Crippen LogP contribution is 2.38. The topological polar surface area (TPSA) is 50.5 Å². The molecule has 146 valence electrons. The summed E-state index contributed by atoms with van der Waals surface area (Å²) in [4.78, 5) is 26.9. The summed E-state index contributed by atoms with van der Waals surface area (Å²) in [5.41, 5.74) is 2.21. The largest absolute Gasteiger partial charge is 0.457 e. The Balaban J connectivity index is 1.65. The van der Waals surface area contributed by atoms with Crippen LogP contribution in [-0.2, 0) is 11.2 Å². The molecule has 2 amide bonds. The van der Waals surface area contributed by atoms with Crippen molar-refractivity contribution in [3.05, 3.63) is 80.9 Å². The van der Waals surface area contributed by atoms with Gasteiger partial charge in [0.25, 0.3) is 11.1 Å². The molecule has 0 atom stereocenters. The van der Waals surface area contributed by atoms with E-state index in [9.17, 15) is 9.59 Å². The monoisotopic (exact) mass is 443 g/mol. The number of amides is 2. The number of anilines is 1. The molecule has 1 aliphatic heterocycles. The highest BCUT2D eigenvalue weighted by Gasteiger charge is 2.37. The second kappa shape index (κ2) is 8.11. The molecule has 0 unspecified atom stereocenters. The first-order valence-corrected chi connectivity index (χ1v) is 10.5. The number of nitrogens with zero attached hydrogens (tertiary/aromatic N) is 1. The maximum Gasteiger partial charge on any atom is 0.298 e. The minimum absolute atomic E-state index is 0.305. The van der Waals surface area contributed by atoms with E-state index >= 15 is 0 Å². The van der Waals surface area contributed by atoms with E-state index in [0.717, 1.165) is 23.7 Å². The summed E-state index contributed by atoms with van der Waals surface area (Å²) >= 11 is 13.2. The second-order valence-electron chi connectivity index (χ2n) is 6.33. The van der Waals surface area contributed by atoms with Gasteiger partial charge in [0.15, 0.2) is 0 Å². The highest BCUT2D eigenvalue weighted by atomic mass is 35.5. The van der Waals surface area contributed by atoms with Gasteiger partial charge in [0, 0.05) is 16.7 Å². The number of imide groups is 1. The number of rotatable bonds is 4. The molecule has 0 radical (unpaired) electrons. The lowest BCUT2D eigenvalue weighted by Gasteiger charge is -2.16. The van der Waals surface area contributed by atoms with E-state index in [1.54, 1.807) is 42.5 Å². The van der Waals surface area contributed by atoms with Crippen molar-refractivity contribution in [2.75, 3.05) is 4.90 Å². The third-order valence-corrected chi connectivity index (χ3v) is 5.94. The first kappa shape index (κ1) is 19.8. The number of thioether (sulfide) groups is 1. The van der Waals surface area contributed by atoms with Crippen LogP contribution in [0.2, 0.25) is 10.0 Å². The SMILES string of the molecule is CCc1ccccc1N1C(=O)S/C(=C/c2ccc(-c3cc(Cl)ccc3Cl)o2)C1=O. The quantitative estimate of drug-likeness (QED) is 0.405. The van der Waals surface area contributed by atoms with Crippen LogP contribution in [0.5, 0.6) is 0 Å². The Bertz CT molecular complexity index is 1150. The van der Waals surface area contributed by atoms with Crippen LogP contribution in [0.4, 0.5) is 10.5 Å². The van der Waals surface area contributed by atoms with Gasteiger partial charge in [-0.05, 0) is 60.1 Å². The van der Waals surface area contributed by atoms with Crippen molar-refractivity contribution >= 4 is 57.9 Å². The standard InChI is InChI=1S/C22H15Cl2NO3S/c1-2-13-5-3-4-6-18(13)25-21(26)20(29-22(25)27)12-15-8-10-19(28-15)16-11-14(23)7-9-17(16)24/h3-12H,2H2,1H3/b20-12+. The van der Waals surface area contributed by atoms with E-state index in [4.69, 9.17) is 27.6 Å². The van der Waals surface area contributed by atoms with E-state index in [0.29, 0.717) is 37.7 Å². The fourth-order valence-electron chi connectivity index (χ4n) is 3.09. The molecule has 1 aromatic heterocycles. The van der Waals surface area contributed by atoms with Crippen LogP contribution in [0, 0.1) is 0 Å². The Kier molecular flexibility index (Phi) is 5.54. The van der Waals surface area contributed by atoms with Crippen molar-refractivity contribution in [1.82, 2.24) is 0 Å². The van der Waals surface area contributed by atoms with Crippen molar-refractivity contribution in [2.45, 2.75) is 13.3 Å². The molecule has 0 spiro atoms. The third-order valence-electron chi connectivity index (χ3n) is 4.50. The molecular weight excluding hydrogens is 429 g/mol. The van der Waals surface area contributed by atoms with Gasteiger partial charge >= 0.3 is 0 Å². The molecule has 29 heavy (non-hydrogen) atoms. The summed E-state index contributed by atoms with van der Waals surface area (Å²) in [7, 11) is 0. The van der Waals surface area contributed by atoms with E-state index in [2.05, 4.69) is 0 Å². The van der Waals surface area contributed by atoms with Gasteiger partial charge in [0.2, 0.25) is 0 Å². The van der Waals surface area contributed by atoms with Gasteiger partial charge in [-0.15, -0.1) is 0 Å². The van der Waals surface area contributed by atoms with Crippen LogP contribution < -0.4 is 4.90 Å². The Morgan fingerprint density at radius 1 is 1.07 bits per heavy atom. The van der Waals surface area contributed by atoms with Crippen molar-refractivity contribution in [3.8, 4) is 11.3 Å². The summed E-state index contributed by atoms with van der Waals surface area (Å²) in [5, 5.41) is 0.719. The number of para-hydroxylation sites is 1. The van der Waals surface area contributed by atoms with Gasteiger partial charge in [-0.1, -0.05) is 48.3 Å². The predicted octanol–water partition coefficient (Wildman–Crippen LogP) is 7.06. The molecule has 0 aliphatic carbocycles. The van der Waals surface area contributed by atoms with Gasteiger partial charge in [-0.2, -0.15) is 0 Å². The molecule has 0 bridgehead atoms. The predicted molar refractivity (Wildman–Crippen MR) is 118 cm³/mol. The van der Waals surface area contributed by atoms with Gasteiger partial charge in [0.05, 0.1) is 15.6 Å². The molecule has 1 fully saturated rings. The smallest absolute Gasteiger partial charge is 0.298 e. The molecule has 4 nitrogen and oxygen atoms in total. The van der Waals surface area contributed by atoms with E-state index < -0.39 is 0 Å². The first-order chi connectivity index (χ1) is 14.0. The molecule has 0 saturated carbocycles. The van der Waals surface area contributed by atoms with E-state index in [-0.39, 0.29) is 11.1 Å². The lowest BCUT2D eigenvalue weighted by Crippen LogP contribution is -2.28. The fraction of sp³-hybridized carbons (Fsp3) is 0.0909. The van der Waals surface area contributed by atoms with Crippen molar-refractivity contribution < 1.29 is 14.0 Å². The number of hydrogen-bond donors (Lipinski definition) is 0. The first-order valence-electron chi connectivity index (χ1n) is 8.89. The Hall–Kier alpha value is -2.47. The van der Waals surface area contributed by atoms with Crippen LogP contribution in [0.15, 0.2) is 63.9 Å². The van der Waals surface area contributed by atoms with Crippen LogP contribution >= 0.6 is 35.0 Å². The minimum Gasteiger partial charge on any atom is -0.457 e. The molecule has 2 heterocycles.